The lowest BCUT2D eigenvalue weighted by Gasteiger charge is -2.14. The normalized spacial score (nSPS) is 11.4. The van der Waals surface area contributed by atoms with Crippen LogP contribution in [0.1, 0.15) is 13.3 Å². The number of hydrogen-bond donors (Lipinski definition) is 2. The van der Waals surface area contributed by atoms with Gasteiger partial charge in [0.1, 0.15) is 11.5 Å². The number of aromatic hydroxyl groups is 1. The minimum Gasteiger partial charge on any atom is -0.507 e. The van der Waals surface area contributed by atoms with Gasteiger partial charge in [0.05, 0.1) is 0 Å². The van der Waals surface area contributed by atoms with E-state index in [0.717, 1.165) is 12.5 Å². The Kier molecular flexibility index (Phi) is 8.12. The van der Waals surface area contributed by atoms with Crippen molar-refractivity contribution >= 4 is 14.2 Å². The average Bonchev–Trinajstić information content (AvgIpc) is 3.25. The predicted molar refractivity (Wildman–Crippen MR) is 127 cm³/mol. The maximum absolute atomic E-state index is 11.8. The first-order valence-electron chi connectivity index (χ1n) is 10.9. The number of tetrazole rings is 1. The zero-order valence-corrected chi connectivity index (χ0v) is 20.4. The Morgan fingerprint density at radius 2 is 1.97 bits per heavy atom. The maximum Gasteiger partial charge on any atom is 0.412 e. The fourth-order valence-corrected chi connectivity index (χ4v) is 3.58. The summed E-state index contributed by atoms with van der Waals surface area (Å²) < 4.78 is 10.9. The van der Waals surface area contributed by atoms with Crippen LogP contribution in [0.5, 0.6) is 11.5 Å². The lowest BCUT2D eigenvalue weighted by molar-refractivity contribution is 0.0674. The molecule has 33 heavy (non-hydrogen) atoms. The Labute approximate surface area is 194 Å². The van der Waals surface area contributed by atoms with Crippen molar-refractivity contribution in [3.8, 4) is 34.0 Å². The van der Waals surface area contributed by atoms with Crippen molar-refractivity contribution in [3.05, 3.63) is 36.7 Å². The third-order valence-corrected chi connectivity index (χ3v) is 6.37. The van der Waals surface area contributed by atoms with E-state index >= 15 is 0 Å². The van der Waals surface area contributed by atoms with Crippen molar-refractivity contribution in [2.45, 2.75) is 45.8 Å². The number of phenols is 1. The number of rotatable bonds is 10. The Morgan fingerprint density at radius 3 is 2.73 bits per heavy atom. The van der Waals surface area contributed by atoms with Crippen LogP contribution in [0.3, 0.4) is 0 Å². The first-order valence-corrected chi connectivity index (χ1v) is 14.6. The minimum atomic E-state index is -1.16. The van der Waals surface area contributed by atoms with E-state index in [1.165, 1.54) is 16.9 Å². The zero-order valence-electron chi connectivity index (χ0n) is 19.4. The number of nitrogens with one attached hydrogen (secondary N) is 1. The van der Waals surface area contributed by atoms with Crippen LogP contribution in [-0.4, -0.2) is 57.6 Å². The van der Waals surface area contributed by atoms with E-state index in [1.54, 1.807) is 24.5 Å². The number of aromatic nitrogens is 5. The van der Waals surface area contributed by atoms with Crippen LogP contribution >= 0.6 is 0 Å². The third kappa shape index (κ3) is 7.36. The Bertz CT molecular complexity index is 1080. The highest BCUT2D eigenvalue weighted by Gasteiger charge is 2.14. The topological polar surface area (TPSA) is 124 Å². The van der Waals surface area contributed by atoms with Gasteiger partial charge in [-0.25, -0.2) is 4.79 Å². The molecule has 0 saturated carbocycles. The van der Waals surface area contributed by atoms with Gasteiger partial charge in [-0.1, -0.05) is 26.6 Å². The van der Waals surface area contributed by atoms with Gasteiger partial charge in [-0.05, 0) is 41.9 Å². The van der Waals surface area contributed by atoms with E-state index in [2.05, 4.69) is 45.4 Å². The van der Waals surface area contributed by atoms with Crippen molar-refractivity contribution in [1.29, 1.82) is 0 Å². The number of hydrogen-bond acceptors (Lipinski definition) is 8. The molecule has 1 amide bonds. The molecule has 0 spiro atoms. The Balaban J connectivity index is 1.72. The minimum absolute atomic E-state index is 0.0303. The van der Waals surface area contributed by atoms with Gasteiger partial charge in [0, 0.05) is 50.3 Å². The highest BCUT2D eigenvalue weighted by molar-refractivity contribution is 6.76. The Morgan fingerprint density at radius 1 is 1.18 bits per heavy atom. The molecule has 0 aliphatic carbocycles. The summed E-state index contributed by atoms with van der Waals surface area (Å²) in [7, 11) is -1.16. The summed E-state index contributed by atoms with van der Waals surface area (Å²) in [6, 6.07) is 7.43. The smallest absolute Gasteiger partial charge is 0.412 e. The first-order chi connectivity index (χ1) is 15.7. The molecule has 176 valence electrons. The van der Waals surface area contributed by atoms with Crippen LogP contribution in [-0.2, 0) is 11.5 Å². The van der Waals surface area contributed by atoms with Gasteiger partial charge in [-0.15, -0.1) is 15.0 Å². The highest BCUT2D eigenvalue weighted by atomic mass is 28.3. The van der Waals surface area contributed by atoms with Crippen LogP contribution < -0.4 is 10.1 Å². The van der Waals surface area contributed by atoms with Gasteiger partial charge in [0.15, 0.2) is 6.73 Å². The van der Waals surface area contributed by atoms with Crippen LogP contribution in [0.2, 0.25) is 25.7 Å². The molecule has 2 aromatic heterocycles. The number of amides is 1. The molecule has 0 bridgehead atoms. The Hall–Kier alpha value is -3.31. The summed E-state index contributed by atoms with van der Waals surface area (Å²) in [5.41, 5.74) is 1.71. The van der Waals surface area contributed by atoms with Gasteiger partial charge in [0.25, 0.3) is 0 Å². The van der Waals surface area contributed by atoms with Crippen LogP contribution in [0.25, 0.3) is 22.5 Å². The van der Waals surface area contributed by atoms with Crippen molar-refractivity contribution in [2.75, 3.05) is 13.2 Å². The average molecular weight is 471 g/mol. The molecule has 0 fully saturated rings. The van der Waals surface area contributed by atoms with Crippen LogP contribution in [0.4, 0.5) is 4.79 Å². The first kappa shape index (κ1) is 24.3. The number of phenolic OH excluding ortho intramolecular Hbond substituents is 1. The van der Waals surface area contributed by atoms with Gasteiger partial charge in [-0.2, -0.15) is 0 Å². The van der Waals surface area contributed by atoms with Crippen molar-refractivity contribution < 1.29 is 19.4 Å². The number of carbonyl (C=O) groups is 1. The SMILES string of the molecule is CCCNC(=O)Oc1ccc(O)c(-c2cncc(-c3nnn(COCC[Si](C)(C)C)n3)c2)c1. The number of benzene rings is 1. The molecule has 2 heterocycles. The standard InChI is InChI=1S/C22H30N6O4Si/c1-5-8-24-22(30)32-18-6-7-20(29)19(12-18)16-11-17(14-23-13-16)21-25-27-28(26-21)15-31-9-10-33(2,3)4/h6-7,11-14,29H,5,8-10,15H2,1-4H3,(H,24,30). The molecular formula is C22H30N6O4Si. The number of ether oxygens (including phenoxy) is 2. The van der Waals surface area contributed by atoms with Gasteiger partial charge in [-0.3, -0.25) is 4.98 Å². The molecule has 0 atom stereocenters. The molecular weight excluding hydrogens is 440 g/mol. The number of pyridine rings is 1. The molecule has 3 rings (SSSR count). The summed E-state index contributed by atoms with van der Waals surface area (Å²) in [6.07, 6.45) is 3.47. The van der Waals surface area contributed by atoms with Crippen LogP contribution in [0.15, 0.2) is 36.7 Å². The van der Waals surface area contributed by atoms with E-state index in [-0.39, 0.29) is 12.5 Å². The number of nitrogens with zero attached hydrogens (tertiary/aromatic N) is 5. The monoisotopic (exact) mass is 470 g/mol. The fraction of sp³-hybridized carbons (Fsp3) is 0.409. The molecule has 2 N–H and O–H groups in total. The van der Waals surface area contributed by atoms with E-state index in [1.807, 2.05) is 6.92 Å². The molecule has 1 aromatic carbocycles. The van der Waals surface area contributed by atoms with Gasteiger partial charge < -0.3 is 19.9 Å². The lowest BCUT2D eigenvalue weighted by Crippen LogP contribution is -2.27. The molecule has 0 saturated heterocycles. The van der Waals surface area contributed by atoms with E-state index in [4.69, 9.17) is 9.47 Å². The second-order valence-electron chi connectivity index (χ2n) is 8.79. The van der Waals surface area contributed by atoms with Crippen molar-refractivity contribution in [2.24, 2.45) is 0 Å². The fourth-order valence-electron chi connectivity index (χ4n) is 2.83. The lowest BCUT2D eigenvalue weighted by atomic mass is 10.0. The van der Waals surface area contributed by atoms with Crippen molar-refractivity contribution in [1.82, 2.24) is 30.5 Å². The summed E-state index contributed by atoms with van der Waals surface area (Å²) in [6.45, 7) is 10.2. The highest BCUT2D eigenvalue weighted by Crippen LogP contribution is 2.33. The molecule has 11 heteroatoms. The molecule has 0 unspecified atom stereocenters. The molecule has 0 radical (unpaired) electrons. The molecule has 3 aromatic rings. The summed E-state index contributed by atoms with van der Waals surface area (Å²) in [5, 5.41) is 25.5. The summed E-state index contributed by atoms with van der Waals surface area (Å²) >= 11 is 0. The summed E-state index contributed by atoms with van der Waals surface area (Å²) in [4.78, 5) is 17.5. The largest absolute Gasteiger partial charge is 0.507 e. The third-order valence-electron chi connectivity index (χ3n) is 4.66. The van der Waals surface area contributed by atoms with Gasteiger partial charge >= 0.3 is 6.09 Å². The molecule has 10 nitrogen and oxygen atoms in total. The molecule has 0 aliphatic heterocycles. The quantitative estimate of drug-likeness (QED) is 0.337. The van der Waals surface area contributed by atoms with Crippen LogP contribution in [0, 0.1) is 0 Å². The van der Waals surface area contributed by atoms with E-state index < -0.39 is 14.2 Å². The predicted octanol–water partition coefficient (Wildman–Crippen LogP) is 3.92. The second kappa shape index (κ2) is 11.0. The van der Waals surface area contributed by atoms with Gasteiger partial charge in [0.2, 0.25) is 5.82 Å². The van der Waals surface area contributed by atoms with Crippen molar-refractivity contribution in [3.63, 3.8) is 0 Å². The number of carbonyl (C=O) groups excluding carboxylic acids is 1. The van der Waals surface area contributed by atoms with E-state index in [0.29, 0.717) is 41.4 Å². The molecule has 0 aliphatic rings. The zero-order chi connectivity index (χ0) is 23.8. The maximum atomic E-state index is 11.8. The second-order valence-corrected chi connectivity index (χ2v) is 14.4. The van der Waals surface area contributed by atoms with E-state index in [9.17, 15) is 9.90 Å². The summed E-state index contributed by atoms with van der Waals surface area (Å²) in [5.74, 6) is 0.730.